The van der Waals surface area contributed by atoms with Gasteiger partial charge in [0.15, 0.2) is 5.76 Å². The van der Waals surface area contributed by atoms with Crippen LogP contribution < -0.4 is 0 Å². The first-order valence-electron chi connectivity index (χ1n) is 7.78. The predicted octanol–water partition coefficient (Wildman–Crippen LogP) is 2.04. The van der Waals surface area contributed by atoms with Gasteiger partial charge in [-0.2, -0.15) is 4.31 Å². The lowest BCUT2D eigenvalue weighted by Gasteiger charge is -2.34. The molecular weight excluding hydrogens is 457 g/mol. The highest BCUT2D eigenvalue weighted by molar-refractivity contribution is 14.1. The van der Waals surface area contributed by atoms with Gasteiger partial charge in [0, 0.05) is 35.3 Å². The van der Waals surface area contributed by atoms with Gasteiger partial charge in [0.05, 0.1) is 0 Å². The van der Waals surface area contributed by atoms with E-state index in [1.165, 1.54) is 4.31 Å². The summed E-state index contributed by atoms with van der Waals surface area (Å²) in [5.41, 5.74) is 0.970. The van der Waals surface area contributed by atoms with Crippen molar-refractivity contribution in [1.29, 1.82) is 0 Å². The van der Waals surface area contributed by atoms with Crippen LogP contribution in [0.2, 0.25) is 0 Å². The van der Waals surface area contributed by atoms with Crippen LogP contribution in [0.4, 0.5) is 0 Å². The molecule has 1 fully saturated rings. The Balaban J connectivity index is 1.71. The van der Waals surface area contributed by atoms with Gasteiger partial charge in [0.1, 0.15) is 10.6 Å². The second-order valence-electron chi connectivity index (χ2n) is 5.86. The number of rotatable bonds is 3. The molecule has 1 amide bonds. The first kappa shape index (κ1) is 18.3. The van der Waals surface area contributed by atoms with Crippen LogP contribution >= 0.6 is 22.6 Å². The van der Waals surface area contributed by atoms with Gasteiger partial charge in [-0.25, -0.2) is 8.42 Å². The van der Waals surface area contributed by atoms with E-state index < -0.39 is 10.0 Å². The van der Waals surface area contributed by atoms with Crippen LogP contribution in [-0.2, 0) is 10.0 Å². The zero-order valence-corrected chi connectivity index (χ0v) is 16.9. The molecule has 9 heteroatoms. The minimum atomic E-state index is -3.66. The third-order valence-electron chi connectivity index (χ3n) is 4.18. The molecule has 0 N–H and O–H groups in total. The number of aryl methyl sites for hydroxylation is 2. The molecule has 2 heterocycles. The van der Waals surface area contributed by atoms with E-state index in [1.54, 1.807) is 30.9 Å². The third kappa shape index (κ3) is 3.58. The number of aromatic nitrogens is 1. The number of nitrogens with zero attached hydrogens (tertiary/aromatic N) is 3. The Morgan fingerprint density at radius 2 is 1.72 bits per heavy atom. The molecule has 1 aliphatic heterocycles. The van der Waals surface area contributed by atoms with Crippen molar-refractivity contribution in [3.8, 4) is 0 Å². The Morgan fingerprint density at radius 3 is 2.24 bits per heavy atom. The zero-order chi connectivity index (χ0) is 18.2. The molecule has 2 aromatic rings. The van der Waals surface area contributed by atoms with Crippen molar-refractivity contribution in [2.24, 2.45) is 0 Å². The van der Waals surface area contributed by atoms with Gasteiger partial charge in [-0.15, -0.1) is 0 Å². The van der Waals surface area contributed by atoms with E-state index >= 15 is 0 Å². The number of hydrogen-bond donors (Lipinski definition) is 0. The molecule has 1 aromatic heterocycles. The van der Waals surface area contributed by atoms with E-state index in [4.69, 9.17) is 4.52 Å². The number of benzene rings is 1. The normalized spacial score (nSPS) is 16.2. The predicted molar refractivity (Wildman–Crippen MR) is 99.8 cm³/mol. The van der Waals surface area contributed by atoms with E-state index in [-0.39, 0.29) is 29.7 Å². The van der Waals surface area contributed by atoms with Gasteiger partial charge in [-0.1, -0.05) is 5.16 Å². The number of amides is 1. The summed E-state index contributed by atoms with van der Waals surface area (Å²) in [5.74, 6) is 0.209. The lowest BCUT2D eigenvalue weighted by Crippen LogP contribution is -2.50. The largest absolute Gasteiger partial charge is 0.360 e. The lowest BCUT2D eigenvalue weighted by molar-refractivity contribution is 0.0698. The van der Waals surface area contributed by atoms with Crippen molar-refractivity contribution in [3.63, 3.8) is 0 Å². The Kier molecular flexibility index (Phi) is 5.16. The van der Waals surface area contributed by atoms with Crippen LogP contribution in [0.1, 0.15) is 21.8 Å². The quantitative estimate of drug-likeness (QED) is 0.635. The third-order valence-corrected chi connectivity index (χ3v) is 7.05. The maximum absolute atomic E-state index is 12.8. The standard InChI is InChI=1S/C16H18IN3O4S/c1-11-15(12(2)24-18-11)25(22,23)20-9-7-19(8-10-20)16(21)13-3-5-14(17)6-4-13/h3-6H,7-10H2,1-2H3. The van der Waals surface area contributed by atoms with Gasteiger partial charge in [0.2, 0.25) is 10.0 Å². The second-order valence-corrected chi connectivity index (χ2v) is 8.98. The van der Waals surface area contributed by atoms with Gasteiger partial charge in [-0.3, -0.25) is 4.79 Å². The molecule has 1 aliphatic rings. The number of sulfonamides is 1. The van der Waals surface area contributed by atoms with Gasteiger partial charge in [-0.05, 0) is 60.7 Å². The summed E-state index contributed by atoms with van der Waals surface area (Å²) in [6, 6.07) is 7.34. The average Bonchev–Trinajstić information content (AvgIpc) is 2.94. The lowest BCUT2D eigenvalue weighted by atomic mass is 10.2. The highest BCUT2D eigenvalue weighted by atomic mass is 127. The minimum Gasteiger partial charge on any atom is -0.360 e. The summed E-state index contributed by atoms with van der Waals surface area (Å²) in [6.07, 6.45) is 0. The molecule has 3 rings (SSSR count). The van der Waals surface area contributed by atoms with E-state index in [9.17, 15) is 13.2 Å². The van der Waals surface area contributed by atoms with Crippen LogP contribution in [0.5, 0.6) is 0 Å². The fraction of sp³-hybridized carbons (Fsp3) is 0.375. The molecule has 0 unspecified atom stereocenters. The summed E-state index contributed by atoms with van der Waals surface area (Å²) in [6.45, 7) is 4.41. The first-order chi connectivity index (χ1) is 11.8. The molecular formula is C16H18IN3O4S. The molecule has 0 bridgehead atoms. The number of piperazine rings is 1. The zero-order valence-electron chi connectivity index (χ0n) is 13.9. The highest BCUT2D eigenvalue weighted by Gasteiger charge is 2.34. The van der Waals surface area contributed by atoms with Crippen molar-refractivity contribution in [3.05, 3.63) is 44.9 Å². The highest BCUT2D eigenvalue weighted by Crippen LogP contribution is 2.24. The molecule has 1 aromatic carbocycles. The fourth-order valence-corrected chi connectivity index (χ4v) is 4.95. The first-order valence-corrected chi connectivity index (χ1v) is 10.3. The summed E-state index contributed by atoms with van der Waals surface area (Å²) in [7, 11) is -3.66. The monoisotopic (exact) mass is 475 g/mol. The average molecular weight is 475 g/mol. The number of carbonyl (C=O) groups excluding carboxylic acids is 1. The number of carbonyl (C=O) groups is 1. The van der Waals surface area contributed by atoms with Crippen LogP contribution in [0.25, 0.3) is 0 Å². The second kappa shape index (κ2) is 7.04. The Bertz CT molecular complexity index is 865. The Hall–Kier alpha value is -1.46. The molecule has 0 atom stereocenters. The number of halogens is 1. The molecule has 134 valence electrons. The maximum Gasteiger partial charge on any atom is 0.253 e. The van der Waals surface area contributed by atoms with Crippen LogP contribution in [0.15, 0.2) is 33.7 Å². The molecule has 0 spiro atoms. The summed E-state index contributed by atoms with van der Waals surface area (Å²) in [5, 5.41) is 3.72. The fourth-order valence-electron chi connectivity index (χ4n) is 2.88. The van der Waals surface area contributed by atoms with Gasteiger partial charge >= 0.3 is 0 Å². The number of hydrogen-bond acceptors (Lipinski definition) is 5. The van der Waals surface area contributed by atoms with E-state index in [1.807, 2.05) is 12.1 Å². The van der Waals surface area contributed by atoms with Gasteiger partial charge < -0.3 is 9.42 Å². The van der Waals surface area contributed by atoms with Crippen molar-refractivity contribution in [2.45, 2.75) is 18.7 Å². The van der Waals surface area contributed by atoms with Crippen LogP contribution in [-0.4, -0.2) is 54.9 Å². The molecule has 0 saturated carbocycles. The maximum atomic E-state index is 12.8. The van der Waals surface area contributed by atoms with Gasteiger partial charge in [0.25, 0.3) is 5.91 Å². The Morgan fingerprint density at radius 1 is 1.12 bits per heavy atom. The molecule has 7 nitrogen and oxygen atoms in total. The smallest absolute Gasteiger partial charge is 0.253 e. The summed E-state index contributed by atoms with van der Waals surface area (Å²) >= 11 is 2.18. The van der Waals surface area contributed by atoms with Crippen molar-refractivity contribution in [1.82, 2.24) is 14.4 Å². The summed E-state index contributed by atoms with van der Waals surface area (Å²) < 4.78 is 33.0. The molecule has 0 aliphatic carbocycles. The molecule has 25 heavy (non-hydrogen) atoms. The summed E-state index contributed by atoms with van der Waals surface area (Å²) in [4.78, 5) is 14.3. The molecule has 0 radical (unpaired) electrons. The Labute approximate surface area is 160 Å². The topological polar surface area (TPSA) is 83.7 Å². The van der Waals surface area contributed by atoms with E-state index in [0.29, 0.717) is 24.3 Å². The molecule has 1 saturated heterocycles. The SMILES string of the molecule is Cc1noc(C)c1S(=O)(=O)N1CCN(C(=O)c2ccc(I)cc2)CC1. The van der Waals surface area contributed by atoms with Crippen molar-refractivity contribution in [2.75, 3.05) is 26.2 Å². The van der Waals surface area contributed by atoms with E-state index in [0.717, 1.165) is 3.57 Å². The minimum absolute atomic E-state index is 0.0780. The van der Waals surface area contributed by atoms with E-state index in [2.05, 4.69) is 27.7 Å². The van der Waals surface area contributed by atoms with Crippen LogP contribution in [0, 0.1) is 17.4 Å². The van der Waals surface area contributed by atoms with Crippen molar-refractivity contribution < 1.29 is 17.7 Å². The van der Waals surface area contributed by atoms with Crippen LogP contribution in [0.3, 0.4) is 0 Å². The van der Waals surface area contributed by atoms with Crippen molar-refractivity contribution >= 4 is 38.5 Å².